The van der Waals surface area contributed by atoms with Gasteiger partial charge in [0.05, 0.1) is 12.7 Å². The number of benzene rings is 1. The van der Waals surface area contributed by atoms with Crippen LogP contribution in [0.25, 0.3) is 0 Å². The van der Waals surface area contributed by atoms with E-state index in [1.807, 2.05) is 24.3 Å². The van der Waals surface area contributed by atoms with E-state index in [4.69, 9.17) is 10.00 Å². The lowest BCUT2D eigenvalue weighted by atomic mass is 10.1. The third-order valence-electron chi connectivity index (χ3n) is 3.06. The molecule has 0 saturated heterocycles. The minimum Gasteiger partial charge on any atom is -0.380 e. The maximum absolute atomic E-state index is 9.15. The quantitative estimate of drug-likeness (QED) is 0.816. The molecule has 0 bridgehead atoms. The van der Waals surface area contributed by atoms with Crippen LogP contribution in [0.1, 0.15) is 30.0 Å². The van der Waals surface area contributed by atoms with Gasteiger partial charge in [-0.3, -0.25) is 5.32 Å². The third-order valence-corrected chi connectivity index (χ3v) is 3.06. The smallest absolute Gasteiger partial charge is 0.121 e. The van der Waals surface area contributed by atoms with Crippen molar-refractivity contribution in [2.45, 2.75) is 25.5 Å². The number of ether oxygens (including phenoxy) is 1. The molecule has 1 saturated carbocycles. The number of nitriles is 1. The third kappa shape index (κ3) is 3.55. The summed E-state index contributed by atoms with van der Waals surface area (Å²) in [5.41, 5.74) is 2.17. The fraction of sp³-hybridized carbons (Fsp3) is 0.500. The lowest BCUT2D eigenvalue weighted by Gasteiger charge is -2.12. The molecule has 90 valence electrons. The van der Waals surface area contributed by atoms with Crippen LogP contribution in [-0.2, 0) is 11.3 Å². The summed E-state index contributed by atoms with van der Waals surface area (Å²) in [4.78, 5) is 0. The Morgan fingerprint density at radius 3 is 2.65 bits per heavy atom. The molecule has 17 heavy (non-hydrogen) atoms. The van der Waals surface area contributed by atoms with Crippen LogP contribution in [-0.4, -0.2) is 13.7 Å². The Hall–Kier alpha value is -1.37. The van der Waals surface area contributed by atoms with Gasteiger partial charge in [-0.05, 0) is 36.4 Å². The van der Waals surface area contributed by atoms with Gasteiger partial charge in [-0.15, -0.1) is 0 Å². The molecule has 2 rings (SSSR count). The van der Waals surface area contributed by atoms with E-state index in [0.29, 0.717) is 6.61 Å². The number of methoxy groups -OCH3 is 1. The van der Waals surface area contributed by atoms with Crippen molar-refractivity contribution < 1.29 is 4.74 Å². The summed E-state index contributed by atoms with van der Waals surface area (Å²) in [6.07, 6.45) is 2.61. The summed E-state index contributed by atoms with van der Waals surface area (Å²) in [5.74, 6) is 0.790. The highest BCUT2D eigenvalue weighted by Gasteiger charge is 2.22. The van der Waals surface area contributed by atoms with E-state index in [9.17, 15) is 0 Å². The maximum atomic E-state index is 9.15. The monoisotopic (exact) mass is 230 g/mol. The number of rotatable bonds is 6. The van der Waals surface area contributed by atoms with Crippen LogP contribution in [0.4, 0.5) is 0 Å². The van der Waals surface area contributed by atoms with Crippen molar-refractivity contribution in [2.75, 3.05) is 13.7 Å². The van der Waals surface area contributed by atoms with E-state index in [-0.39, 0.29) is 6.04 Å². The molecule has 0 amide bonds. The van der Waals surface area contributed by atoms with Crippen LogP contribution in [0.15, 0.2) is 24.3 Å². The number of nitrogens with zero attached hydrogens (tertiary/aromatic N) is 1. The standard InChI is InChI=1S/C14H18N2O/c1-17-10-12-4-6-13(7-5-12)14(8-15)16-9-11-2-3-11/h4-7,11,14,16H,2-3,9-10H2,1H3. The summed E-state index contributed by atoms with van der Waals surface area (Å²) >= 11 is 0. The zero-order chi connectivity index (χ0) is 12.1. The zero-order valence-electron chi connectivity index (χ0n) is 10.1. The number of nitrogens with one attached hydrogen (secondary N) is 1. The Balaban J connectivity index is 1.95. The Morgan fingerprint density at radius 1 is 1.41 bits per heavy atom. The highest BCUT2D eigenvalue weighted by atomic mass is 16.5. The Morgan fingerprint density at radius 2 is 2.12 bits per heavy atom. The zero-order valence-corrected chi connectivity index (χ0v) is 10.1. The first-order valence-electron chi connectivity index (χ1n) is 6.04. The molecule has 0 heterocycles. The Kier molecular flexibility index (Phi) is 4.13. The molecule has 1 unspecified atom stereocenters. The first-order valence-corrected chi connectivity index (χ1v) is 6.04. The molecular formula is C14H18N2O. The highest BCUT2D eigenvalue weighted by molar-refractivity contribution is 5.28. The van der Waals surface area contributed by atoms with E-state index in [1.54, 1.807) is 7.11 Å². The first-order chi connectivity index (χ1) is 8.33. The Labute approximate surface area is 102 Å². The van der Waals surface area contributed by atoms with Gasteiger partial charge in [-0.2, -0.15) is 5.26 Å². The SMILES string of the molecule is COCc1ccc(C(C#N)NCC2CC2)cc1. The number of hydrogen-bond acceptors (Lipinski definition) is 3. The molecule has 3 nitrogen and oxygen atoms in total. The average Bonchev–Trinajstić information content (AvgIpc) is 3.16. The molecule has 3 heteroatoms. The van der Waals surface area contributed by atoms with E-state index >= 15 is 0 Å². The second-order valence-electron chi connectivity index (χ2n) is 4.59. The molecule has 0 aliphatic heterocycles. The largest absolute Gasteiger partial charge is 0.380 e. The fourth-order valence-electron chi connectivity index (χ4n) is 1.82. The van der Waals surface area contributed by atoms with Gasteiger partial charge in [-0.25, -0.2) is 0 Å². The van der Waals surface area contributed by atoms with Crippen LogP contribution >= 0.6 is 0 Å². The first kappa shape index (κ1) is 12.1. The van der Waals surface area contributed by atoms with Crippen molar-refractivity contribution in [3.8, 4) is 6.07 Å². The molecule has 1 aromatic carbocycles. The van der Waals surface area contributed by atoms with Crippen molar-refractivity contribution >= 4 is 0 Å². The van der Waals surface area contributed by atoms with Crippen molar-refractivity contribution in [1.82, 2.24) is 5.32 Å². The molecule has 1 N–H and O–H groups in total. The van der Waals surface area contributed by atoms with Gasteiger partial charge in [0, 0.05) is 7.11 Å². The fourth-order valence-corrected chi connectivity index (χ4v) is 1.82. The van der Waals surface area contributed by atoms with Crippen molar-refractivity contribution in [3.63, 3.8) is 0 Å². The van der Waals surface area contributed by atoms with Crippen molar-refractivity contribution in [3.05, 3.63) is 35.4 Å². The molecule has 1 aliphatic carbocycles. The maximum Gasteiger partial charge on any atom is 0.121 e. The summed E-state index contributed by atoms with van der Waals surface area (Å²) in [6, 6.07) is 10.2. The lowest BCUT2D eigenvalue weighted by molar-refractivity contribution is 0.185. The molecule has 1 aromatic rings. The second kappa shape index (κ2) is 5.81. The topological polar surface area (TPSA) is 45.0 Å². The lowest BCUT2D eigenvalue weighted by Crippen LogP contribution is -2.22. The average molecular weight is 230 g/mol. The molecule has 1 aliphatic rings. The van der Waals surface area contributed by atoms with Crippen LogP contribution in [0, 0.1) is 17.2 Å². The summed E-state index contributed by atoms with van der Waals surface area (Å²) in [7, 11) is 1.68. The summed E-state index contributed by atoms with van der Waals surface area (Å²) < 4.78 is 5.06. The predicted molar refractivity (Wildman–Crippen MR) is 66.2 cm³/mol. The van der Waals surface area contributed by atoms with Gasteiger partial charge >= 0.3 is 0 Å². The van der Waals surface area contributed by atoms with E-state index < -0.39 is 0 Å². The van der Waals surface area contributed by atoms with E-state index in [1.165, 1.54) is 12.8 Å². The van der Waals surface area contributed by atoms with Gasteiger partial charge in [-0.1, -0.05) is 24.3 Å². The minimum atomic E-state index is -0.188. The molecule has 0 spiro atoms. The molecule has 0 radical (unpaired) electrons. The molecule has 0 aromatic heterocycles. The van der Waals surface area contributed by atoms with E-state index in [0.717, 1.165) is 23.6 Å². The summed E-state index contributed by atoms with van der Waals surface area (Å²) in [6.45, 7) is 1.57. The predicted octanol–water partition coefficient (Wildman–Crippen LogP) is 2.40. The van der Waals surface area contributed by atoms with Gasteiger partial charge in [0.1, 0.15) is 6.04 Å². The Bertz CT molecular complexity index is 390. The van der Waals surface area contributed by atoms with E-state index in [2.05, 4.69) is 11.4 Å². The second-order valence-corrected chi connectivity index (χ2v) is 4.59. The minimum absolute atomic E-state index is 0.188. The normalized spacial score (nSPS) is 16.5. The highest BCUT2D eigenvalue weighted by Crippen LogP contribution is 2.28. The van der Waals surface area contributed by atoms with Crippen molar-refractivity contribution in [1.29, 1.82) is 5.26 Å². The van der Waals surface area contributed by atoms with Gasteiger partial charge < -0.3 is 4.74 Å². The van der Waals surface area contributed by atoms with Crippen LogP contribution in [0.5, 0.6) is 0 Å². The van der Waals surface area contributed by atoms with Crippen molar-refractivity contribution in [2.24, 2.45) is 5.92 Å². The molecular weight excluding hydrogens is 212 g/mol. The molecule has 1 atom stereocenters. The van der Waals surface area contributed by atoms with Gasteiger partial charge in [0.15, 0.2) is 0 Å². The van der Waals surface area contributed by atoms with Crippen LogP contribution < -0.4 is 5.32 Å². The summed E-state index contributed by atoms with van der Waals surface area (Å²) in [5, 5.41) is 12.5. The van der Waals surface area contributed by atoms with Crippen LogP contribution in [0.3, 0.4) is 0 Å². The van der Waals surface area contributed by atoms with Gasteiger partial charge in [0.2, 0.25) is 0 Å². The van der Waals surface area contributed by atoms with Gasteiger partial charge in [0.25, 0.3) is 0 Å². The number of hydrogen-bond donors (Lipinski definition) is 1. The molecule has 1 fully saturated rings. The van der Waals surface area contributed by atoms with Crippen LogP contribution in [0.2, 0.25) is 0 Å².